The molecule has 0 aromatic carbocycles. The first-order chi connectivity index (χ1) is 7.95. The molecule has 0 unspecified atom stereocenters. The lowest BCUT2D eigenvalue weighted by atomic mass is 9.86. The number of rotatable bonds is 3. The molecule has 16 heavy (non-hydrogen) atoms. The third-order valence-electron chi connectivity index (χ3n) is 2.89. The Hall–Kier alpha value is -1.44. The minimum Gasteiger partial charge on any atom is -0.364 e. The summed E-state index contributed by atoms with van der Waals surface area (Å²) in [6.45, 7) is 0. The Labute approximate surface area is 96.1 Å². The van der Waals surface area contributed by atoms with Gasteiger partial charge in [0.15, 0.2) is 0 Å². The van der Waals surface area contributed by atoms with Crippen LogP contribution >= 0.6 is 0 Å². The van der Waals surface area contributed by atoms with Crippen LogP contribution < -0.4 is 0 Å². The molecule has 0 bridgehead atoms. The molecule has 2 aromatic heterocycles. The van der Waals surface area contributed by atoms with Gasteiger partial charge in [-0.05, 0) is 55.9 Å². The van der Waals surface area contributed by atoms with E-state index < -0.39 is 0 Å². The summed E-state index contributed by atoms with van der Waals surface area (Å²) in [5, 5.41) is 0. The first-order valence-corrected chi connectivity index (χ1v) is 5.43. The summed E-state index contributed by atoms with van der Waals surface area (Å²) in [6.07, 6.45) is 12.4. The van der Waals surface area contributed by atoms with E-state index in [1.165, 1.54) is 17.3 Å². The Balaban J connectivity index is 1.94. The molecule has 2 heteroatoms. The molecular formula is C14H13N2. The number of H-pyrrole nitrogens is 2. The number of aromatic nitrogens is 2. The van der Waals surface area contributed by atoms with E-state index in [-0.39, 0.29) is 5.92 Å². The van der Waals surface area contributed by atoms with Gasteiger partial charge >= 0.3 is 0 Å². The molecule has 0 saturated heterocycles. The lowest BCUT2D eigenvalue weighted by Gasteiger charge is -2.20. The summed E-state index contributed by atoms with van der Waals surface area (Å²) in [6, 6.07) is 8.32. The molecule has 5 radical (unpaired) electrons. The van der Waals surface area contributed by atoms with Crippen molar-refractivity contribution >= 4 is 0 Å². The summed E-state index contributed by atoms with van der Waals surface area (Å²) < 4.78 is 0. The van der Waals surface area contributed by atoms with Gasteiger partial charge in [-0.25, -0.2) is 0 Å². The summed E-state index contributed by atoms with van der Waals surface area (Å²) in [5.41, 5.74) is 2.43. The Bertz CT molecular complexity index is 373. The number of nitrogens with one attached hydrogen (secondary N) is 2. The smallest absolute Gasteiger partial charge is 0.0459 e. The number of hydrogen-bond acceptors (Lipinski definition) is 0. The highest BCUT2D eigenvalue weighted by atomic mass is 14.7. The minimum absolute atomic E-state index is 0.278. The Morgan fingerprint density at radius 1 is 0.812 bits per heavy atom. The summed E-state index contributed by atoms with van der Waals surface area (Å²) >= 11 is 0. The standard InChI is InChI=1S/C14H13N2/c1-2-6-11(5-1)14(12-7-3-9-15-12)13-8-4-10-16-13/h1-10,14-16H. The van der Waals surface area contributed by atoms with Crippen LogP contribution in [-0.4, -0.2) is 9.97 Å². The van der Waals surface area contributed by atoms with Crippen molar-refractivity contribution in [3.63, 3.8) is 0 Å². The lowest BCUT2D eigenvalue weighted by molar-refractivity contribution is 0.819. The second kappa shape index (κ2) is 4.20. The van der Waals surface area contributed by atoms with E-state index in [1.54, 1.807) is 0 Å². The molecule has 0 aliphatic heterocycles. The van der Waals surface area contributed by atoms with Crippen LogP contribution in [0.1, 0.15) is 17.3 Å². The predicted molar refractivity (Wildman–Crippen MR) is 63.9 cm³/mol. The van der Waals surface area contributed by atoms with Crippen LogP contribution in [0.25, 0.3) is 0 Å². The third-order valence-corrected chi connectivity index (χ3v) is 2.89. The first-order valence-electron chi connectivity index (χ1n) is 5.43. The zero-order valence-corrected chi connectivity index (χ0v) is 8.85. The van der Waals surface area contributed by atoms with Gasteiger partial charge in [0, 0.05) is 29.7 Å². The van der Waals surface area contributed by atoms with Crippen molar-refractivity contribution in [3.8, 4) is 0 Å². The van der Waals surface area contributed by atoms with E-state index in [9.17, 15) is 0 Å². The maximum absolute atomic E-state index is 3.29. The highest BCUT2D eigenvalue weighted by molar-refractivity contribution is 5.46. The molecule has 79 valence electrons. The van der Waals surface area contributed by atoms with Gasteiger partial charge < -0.3 is 9.97 Å². The van der Waals surface area contributed by atoms with Gasteiger partial charge in [0.05, 0.1) is 0 Å². The van der Waals surface area contributed by atoms with Crippen molar-refractivity contribution in [2.75, 3.05) is 0 Å². The Morgan fingerprint density at radius 3 is 1.81 bits per heavy atom. The van der Waals surface area contributed by atoms with E-state index in [4.69, 9.17) is 0 Å². The van der Waals surface area contributed by atoms with Crippen LogP contribution in [0.15, 0.2) is 36.7 Å². The average Bonchev–Trinajstić information content (AvgIpc) is 3.02. The second-order valence-corrected chi connectivity index (χ2v) is 3.90. The molecule has 3 rings (SSSR count). The Kier molecular flexibility index (Phi) is 2.56. The van der Waals surface area contributed by atoms with Gasteiger partial charge in [-0.15, -0.1) is 0 Å². The molecule has 2 heterocycles. The fourth-order valence-corrected chi connectivity index (χ4v) is 2.16. The third kappa shape index (κ3) is 1.69. The molecule has 0 spiro atoms. The van der Waals surface area contributed by atoms with E-state index in [1.807, 2.05) is 24.5 Å². The molecule has 2 aromatic rings. The monoisotopic (exact) mass is 209 g/mol. The summed E-state index contributed by atoms with van der Waals surface area (Å²) in [5.74, 6) is 1.59. The maximum atomic E-state index is 3.29. The van der Waals surface area contributed by atoms with Crippen molar-refractivity contribution in [1.82, 2.24) is 9.97 Å². The quantitative estimate of drug-likeness (QED) is 0.779. The zero-order chi connectivity index (χ0) is 10.8. The first kappa shape index (κ1) is 9.76. The normalized spacial score (nSPS) is 17.3. The van der Waals surface area contributed by atoms with Gasteiger partial charge in [0.2, 0.25) is 0 Å². The molecule has 2 nitrogen and oxygen atoms in total. The second-order valence-electron chi connectivity index (χ2n) is 3.90. The van der Waals surface area contributed by atoms with Gasteiger partial charge in [-0.2, -0.15) is 0 Å². The molecule has 1 aliphatic carbocycles. The molecule has 1 saturated carbocycles. The van der Waals surface area contributed by atoms with Crippen molar-refractivity contribution in [3.05, 3.63) is 79.6 Å². The van der Waals surface area contributed by atoms with Gasteiger partial charge in [0.25, 0.3) is 0 Å². The Morgan fingerprint density at radius 2 is 1.38 bits per heavy atom. The SMILES string of the molecule is [CH]1[CH][CH][C](C(c2ccc[nH]2)c2ccc[nH]2)[CH]1. The summed E-state index contributed by atoms with van der Waals surface area (Å²) in [4.78, 5) is 6.59. The molecule has 2 N–H and O–H groups in total. The number of aromatic amines is 2. The van der Waals surface area contributed by atoms with Crippen molar-refractivity contribution in [1.29, 1.82) is 0 Å². The van der Waals surface area contributed by atoms with Gasteiger partial charge in [0.1, 0.15) is 0 Å². The van der Waals surface area contributed by atoms with Crippen LogP contribution in [0, 0.1) is 31.6 Å². The lowest BCUT2D eigenvalue weighted by Crippen LogP contribution is -2.11. The topological polar surface area (TPSA) is 31.6 Å². The summed E-state index contributed by atoms with van der Waals surface area (Å²) in [7, 11) is 0. The molecule has 1 fully saturated rings. The van der Waals surface area contributed by atoms with Crippen LogP contribution in [-0.2, 0) is 0 Å². The highest BCUT2D eigenvalue weighted by Gasteiger charge is 2.30. The fraction of sp³-hybridized carbons (Fsp3) is 0.0714. The van der Waals surface area contributed by atoms with Crippen molar-refractivity contribution in [2.24, 2.45) is 0 Å². The molecular weight excluding hydrogens is 196 g/mol. The zero-order valence-electron chi connectivity index (χ0n) is 8.85. The molecule has 1 aliphatic rings. The minimum atomic E-state index is 0.278. The van der Waals surface area contributed by atoms with Gasteiger partial charge in [-0.3, -0.25) is 0 Å². The van der Waals surface area contributed by atoms with Gasteiger partial charge in [-0.1, -0.05) is 0 Å². The van der Waals surface area contributed by atoms with E-state index in [0.717, 1.165) is 0 Å². The average molecular weight is 209 g/mol. The van der Waals surface area contributed by atoms with Crippen LogP contribution in [0.3, 0.4) is 0 Å². The van der Waals surface area contributed by atoms with E-state index in [2.05, 4.69) is 47.8 Å². The predicted octanol–water partition coefficient (Wildman–Crippen LogP) is 2.88. The largest absolute Gasteiger partial charge is 0.364 e. The highest BCUT2D eigenvalue weighted by Crippen LogP contribution is 2.39. The maximum Gasteiger partial charge on any atom is 0.0459 e. The van der Waals surface area contributed by atoms with Crippen molar-refractivity contribution in [2.45, 2.75) is 5.92 Å². The van der Waals surface area contributed by atoms with Crippen LogP contribution in [0.2, 0.25) is 0 Å². The van der Waals surface area contributed by atoms with Crippen LogP contribution in [0.5, 0.6) is 0 Å². The van der Waals surface area contributed by atoms with E-state index >= 15 is 0 Å². The van der Waals surface area contributed by atoms with Crippen molar-refractivity contribution < 1.29 is 0 Å². The number of hydrogen-bond donors (Lipinski definition) is 2. The molecule has 0 atom stereocenters. The fourth-order valence-electron chi connectivity index (χ4n) is 2.16. The van der Waals surface area contributed by atoms with E-state index in [0.29, 0.717) is 0 Å². The van der Waals surface area contributed by atoms with Crippen LogP contribution in [0.4, 0.5) is 0 Å². The molecule has 0 amide bonds.